The van der Waals surface area contributed by atoms with Crippen molar-refractivity contribution in [1.82, 2.24) is 4.98 Å². The first-order valence-electron chi connectivity index (χ1n) is 4.77. The fraction of sp³-hybridized carbons (Fsp3) is 0.500. The van der Waals surface area contributed by atoms with Crippen molar-refractivity contribution < 1.29 is 4.74 Å². The maximum Gasteiger partial charge on any atom is 0.233 e. The molecule has 4 nitrogen and oxygen atoms in total. The van der Waals surface area contributed by atoms with Crippen LogP contribution in [-0.4, -0.2) is 32.7 Å². The predicted molar refractivity (Wildman–Crippen MR) is 65.7 cm³/mol. The van der Waals surface area contributed by atoms with Crippen LogP contribution in [0.15, 0.2) is 6.08 Å². The van der Waals surface area contributed by atoms with Gasteiger partial charge in [0.05, 0.1) is 12.0 Å². The molecule has 2 N–H and O–H groups in total. The molecular formula is C10H17N3OS. The molecule has 0 saturated heterocycles. The second kappa shape index (κ2) is 5.72. The summed E-state index contributed by atoms with van der Waals surface area (Å²) in [5, 5.41) is 0.944. The first-order chi connectivity index (χ1) is 7.19. The van der Waals surface area contributed by atoms with Gasteiger partial charge in [0.1, 0.15) is 0 Å². The van der Waals surface area contributed by atoms with Crippen LogP contribution in [0.5, 0.6) is 5.88 Å². The van der Waals surface area contributed by atoms with Gasteiger partial charge in [-0.15, -0.1) is 0 Å². The minimum absolute atomic E-state index is 0.665. The Hall–Kier alpha value is -1.07. The number of nitrogens with two attached hydrogens (primary N) is 1. The van der Waals surface area contributed by atoms with Crippen LogP contribution in [-0.2, 0) is 0 Å². The largest absolute Gasteiger partial charge is 0.480 e. The average Bonchev–Trinajstić information content (AvgIpc) is 2.62. The monoisotopic (exact) mass is 227 g/mol. The second-order valence-electron chi connectivity index (χ2n) is 3.24. The van der Waals surface area contributed by atoms with Crippen molar-refractivity contribution in [2.45, 2.75) is 6.42 Å². The summed E-state index contributed by atoms with van der Waals surface area (Å²) in [5.41, 5.74) is 5.41. The lowest BCUT2D eigenvalue weighted by Gasteiger charge is -2.04. The molecule has 0 saturated carbocycles. The second-order valence-corrected chi connectivity index (χ2v) is 4.25. The summed E-state index contributed by atoms with van der Waals surface area (Å²) in [7, 11) is 5.56. The molecule has 1 heterocycles. The highest BCUT2D eigenvalue weighted by atomic mass is 32.1. The van der Waals surface area contributed by atoms with Gasteiger partial charge in [-0.3, -0.25) is 0 Å². The zero-order chi connectivity index (χ0) is 11.3. The van der Waals surface area contributed by atoms with Crippen molar-refractivity contribution in [3.05, 3.63) is 11.0 Å². The standard InChI is InChI=1S/C10H17N3OS/c1-13(2)10-12-9(14-3)8(15-10)6-4-5-7-11/h4,6H,5,7,11H2,1-3H3. The zero-order valence-electron chi connectivity index (χ0n) is 9.36. The molecule has 0 bridgehead atoms. The quantitative estimate of drug-likeness (QED) is 0.829. The number of hydrogen-bond donors (Lipinski definition) is 1. The molecule has 0 radical (unpaired) electrons. The Morgan fingerprint density at radius 3 is 2.80 bits per heavy atom. The summed E-state index contributed by atoms with van der Waals surface area (Å²) in [6.45, 7) is 0.665. The van der Waals surface area contributed by atoms with Crippen LogP contribution in [0.1, 0.15) is 11.3 Å². The molecule has 0 aliphatic carbocycles. The molecule has 5 heteroatoms. The average molecular weight is 227 g/mol. The number of thiazole rings is 1. The smallest absolute Gasteiger partial charge is 0.233 e. The molecule has 84 valence electrons. The summed E-state index contributed by atoms with van der Waals surface area (Å²) in [6.07, 6.45) is 4.92. The highest BCUT2D eigenvalue weighted by Crippen LogP contribution is 2.31. The van der Waals surface area contributed by atoms with Gasteiger partial charge in [0, 0.05) is 14.1 Å². The first kappa shape index (κ1) is 12.0. The van der Waals surface area contributed by atoms with E-state index < -0.39 is 0 Å². The molecule has 0 atom stereocenters. The van der Waals surface area contributed by atoms with Crippen LogP contribution in [0.2, 0.25) is 0 Å². The first-order valence-corrected chi connectivity index (χ1v) is 5.59. The van der Waals surface area contributed by atoms with Gasteiger partial charge in [0.2, 0.25) is 5.88 Å². The van der Waals surface area contributed by atoms with Gasteiger partial charge in [-0.25, -0.2) is 0 Å². The number of aromatic nitrogens is 1. The number of ether oxygens (including phenoxy) is 1. The lowest BCUT2D eigenvalue weighted by molar-refractivity contribution is 0.400. The number of rotatable bonds is 5. The van der Waals surface area contributed by atoms with Crippen LogP contribution >= 0.6 is 11.3 Å². The Labute approximate surface area is 94.4 Å². The zero-order valence-corrected chi connectivity index (χ0v) is 10.2. The van der Waals surface area contributed by atoms with E-state index in [1.165, 1.54) is 0 Å². The van der Waals surface area contributed by atoms with E-state index >= 15 is 0 Å². The highest BCUT2D eigenvalue weighted by molar-refractivity contribution is 7.16. The molecule has 0 aliphatic rings. The Kier molecular flexibility index (Phi) is 4.58. The van der Waals surface area contributed by atoms with Gasteiger partial charge in [-0.2, -0.15) is 4.98 Å². The third-order valence-electron chi connectivity index (χ3n) is 1.79. The SMILES string of the molecule is COc1nc(N(C)C)sc1C=CCCN. The molecular weight excluding hydrogens is 210 g/mol. The molecule has 0 spiro atoms. The van der Waals surface area contributed by atoms with Crippen molar-refractivity contribution in [3.63, 3.8) is 0 Å². The third kappa shape index (κ3) is 3.21. The number of methoxy groups -OCH3 is 1. The molecule has 0 unspecified atom stereocenters. The summed E-state index contributed by atoms with van der Waals surface area (Å²) in [4.78, 5) is 7.35. The van der Waals surface area contributed by atoms with Gasteiger partial charge in [-0.05, 0) is 19.0 Å². The Bertz CT molecular complexity index is 333. The van der Waals surface area contributed by atoms with Crippen molar-refractivity contribution in [2.24, 2.45) is 5.73 Å². The maximum atomic E-state index is 5.41. The van der Waals surface area contributed by atoms with Crippen molar-refractivity contribution in [3.8, 4) is 5.88 Å². The van der Waals surface area contributed by atoms with E-state index in [4.69, 9.17) is 10.5 Å². The highest BCUT2D eigenvalue weighted by Gasteiger charge is 2.09. The molecule has 0 aromatic carbocycles. The Morgan fingerprint density at radius 2 is 2.27 bits per heavy atom. The molecule has 0 aliphatic heterocycles. The third-order valence-corrected chi connectivity index (χ3v) is 2.96. The van der Waals surface area contributed by atoms with Crippen molar-refractivity contribution in [2.75, 3.05) is 32.6 Å². The molecule has 1 aromatic heterocycles. The Balaban J connectivity index is 2.85. The fourth-order valence-corrected chi connectivity index (χ4v) is 1.92. The maximum absolute atomic E-state index is 5.41. The number of hydrogen-bond acceptors (Lipinski definition) is 5. The normalized spacial score (nSPS) is 10.9. The van der Waals surface area contributed by atoms with Gasteiger partial charge >= 0.3 is 0 Å². The lowest BCUT2D eigenvalue weighted by Crippen LogP contribution is -2.07. The predicted octanol–water partition coefficient (Wildman–Crippen LogP) is 1.58. The van der Waals surface area contributed by atoms with Crippen LogP contribution < -0.4 is 15.4 Å². The lowest BCUT2D eigenvalue weighted by atomic mass is 10.3. The van der Waals surface area contributed by atoms with Gasteiger partial charge in [0.15, 0.2) is 5.13 Å². The topological polar surface area (TPSA) is 51.4 Å². The van der Waals surface area contributed by atoms with E-state index in [-0.39, 0.29) is 0 Å². The molecule has 1 aromatic rings. The van der Waals surface area contributed by atoms with E-state index in [1.54, 1.807) is 18.4 Å². The molecule has 0 fully saturated rings. The Morgan fingerprint density at radius 1 is 1.53 bits per heavy atom. The van der Waals surface area contributed by atoms with Crippen LogP contribution in [0.4, 0.5) is 5.13 Å². The van der Waals surface area contributed by atoms with Crippen LogP contribution in [0, 0.1) is 0 Å². The molecule has 0 amide bonds. The summed E-state index contributed by atoms with van der Waals surface area (Å²) in [6, 6.07) is 0. The minimum atomic E-state index is 0.665. The van der Waals surface area contributed by atoms with E-state index in [1.807, 2.05) is 31.1 Å². The number of nitrogens with zero attached hydrogens (tertiary/aromatic N) is 2. The number of anilines is 1. The van der Waals surface area contributed by atoms with E-state index in [2.05, 4.69) is 4.98 Å². The fourth-order valence-electron chi connectivity index (χ4n) is 1.04. The summed E-state index contributed by atoms with van der Waals surface area (Å²) in [5.74, 6) is 0.678. The van der Waals surface area contributed by atoms with E-state index in [0.29, 0.717) is 12.4 Å². The van der Waals surface area contributed by atoms with Crippen LogP contribution in [0.3, 0.4) is 0 Å². The van der Waals surface area contributed by atoms with Gasteiger partial charge in [0.25, 0.3) is 0 Å². The molecule has 1 rings (SSSR count). The van der Waals surface area contributed by atoms with Crippen molar-refractivity contribution >= 4 is 22.5 Å². The summed E-state index contributed by atoms with van der Waals surface area (Å²) < 4.78 is 5.20. The van der Waals surface area contributed by atoms with E-state index in [9.17, 15) is 0 Å². The minimum Gasteiger partial charge on any atom is -0.480 e. The van der Waals surface area contributed by atoms with E-state index in [0.717, 1.165) is 16.4 Å². The van der Waals surface area contributed by atoms with Gasteiger partial charge < -0.3 is 15.4 Å². The van der Waals surface area contributed by atoms with Gasteiger partial charge in [-0.1, -0.05) is 17.4 Å². The summed E-state index contributed by atoms with van der Waals surface area (Å²) >= 11 is 1.60. The van der Waals surface area contributed by atoms with Crippen LogP contribution in [0.25, 0.3) is 6.08 Å². The van der Waals surface area contributed by atoms with Crippen molar-refractivity contribution in [1.29, 1.82) is 0 Å². The molecule has 15 heavy (non-hydrogen) atoms.